The smallest absolute Gasteiger partial charge is 0.264 e. The molecule has 4 heterocycles. The van der Waals surface area contributed by atoms with Crippen molar-refractivity contribution in [3.8, 4) is 22.9 Å². The van der Waals surface area contributed by atoms with E-state index in [2.05, 4.69) is 35.4 Å². The number of H-pyrrole nitrogens is 1. The van der Waals surface area contributed by atoms with Crippen molar-refractivity contribution in [2.24, 2.45) is 0 Å². The molecule has 1 amide bonds. The van der Waals surface area contributed by atoms with Gasteiger partial charge in [0.1, 0.15) is 23.1 Å². The summed E-state index contributed by atoms with van der Waals surface area (Å²) in [6, 6.07) is 8.18. The number of amides is 1. The van der Waals surface area contributed by atoms with Crippen molar-refractivity contribution in [2.75, 3.05) is 0 Å². The molecule has 144 valence electrons. The van der Waals surface area contributed by atoms with Crippen molar-refractivity contribution in [1.82, 2.24) is 35.4 Å². The largest absolute Gasteiger partial charge is 0.340 e. The van der Waals surface area contributed by atoms with Crippen LogP contribution in [-0.2, 0) is 0 Å². The quantitative estimate of drug-likeness (QED) is 0.526. The predicted octanol–water partition coefficient (Wildman–Crippen LogP) is 1.77. The average Bonchev–Trinajstić information content (AvgIpc) is 3.25. The summed E-state index contributed by atoms with van der Waals surface area (Å²) in [5.41, 5.74) is 0.489. The molecule has 0 saturated heterocycles. The van der Waals surface area contributed by atoms with Crippen LogP contribution in [0.25, 0.3) is 22.9 Å². The van der Waals surface area contributed by atoms with E-state index in [4.69, 9.17) is 4.52 Å². The van der Waals surface area contributed by atoms with E-state index in [0.29, 0.717) is 22.9 Å². The summed E-state index contributed by atoms with van der Waals surface area (Å²) in [5, 5.41) is 6.51. The molecule has 0 bridgehead atoms. The lowest BCUT2D eigenvalue weighted by molar-refractivity contribution is 0.0930. The van der Waals surface area contributed by atoms with Gasteiger partial charge in [0.05, 0.1) is 0 Å². The topological polar surface area (TPSA) is 140 Å². The van der Waals surface area contributed by atoms with Crippen LogP contribution in [0.15, 0.2) is 64.4 Å². The summed E-state index contributed by atoms with van der Waals surface area (Å²) < 4.78 is 5.20. The van der Waals surface area contributed by atoms with Gasteiger partial charge in [-0.05, 0) is 31.2 Å². The molecule has 0 radical (unpaired) electrons. The standard InChI is InChI=1S/C19H15N7O3/c1-11(19-25-16(26-29-19)14-6-2-3-8-21-14)23-17(27)13-10-22-15(24-18(13)28)12-5-4-7-20-9-12/h2-11H,1H3,(H,23,27)(H,22,24,28)/t11-/m1/s1. The van der Waals surface area contributed by atoms with E-state index in [1.54, 1.807) is 55.8 Å². The number of aromatic nitrogens is 6. The maximum Gasteiger partial charge on any atom is 0.264 e. The van der Waals surface area contributed by atoms with E-state index in [-0.39, 0.29) is 11.5 Å². The Morgan fingerprint density at radius 1 is 1.14 bits per heavy atom. The SMILES string of the molecule is C[C@@H](NC(=O)c1cnc(-c2cccnc2)[nH]c1=O)c1nc(-c2ccccn2)no1. The number of hydrogen-bond donors (Lipinski definition) is 2. The third-order valence-corrected chi connectivity index (χ3v) is 4.03. The van der Waals surface area contributed by atoms with Crippen LogP contribution in [0.2, 0.25) is 0 Å². The maximum absolute atomic E-state index is 12.5. The van der Waals surface area contributed by atoms with Crippen molar-refractivity contribution in [1.29, 1.82) is 0 Å². The Kier molecular flexibility index (Phi) is 4.89. The molecule has 0 aliphatic heterocycles. The molecule has 4 aromatic heterocycles. The zero-order valence-electron chi connectivity index (χ0n) is 15.2. The Hall–Kier alpha value is -4.21. The second-order valence-electron chi connectivity index (χ2n) is 6.08. The van der Waals surface area contributed by atoms with E-state index in [1.165, 1.54) is 6.20 Å². The van der Waals surface area contributed by atoms with E-state index in [0.717, 1.165) is 0 Å². The Morgan fingerprint density at radius 3 is 2.76 bits per heavy atom. The van der Waals surface area contributed by atoms with Gasteiger partial charge in [0.25, 0.3) is 11.5 Å². The molecule has 0 aromatic carbocycles. The molecule has 2 N–H and O–H groups in total. The minimum atomic E-state index is -0.620. The Morgan fingerprint density at radius 2 is 2.03 bits per heavy atom. The fourth-order valence-corrected chi connectivity index (χ4v) is 2.55. The highest BCUT2D eigenvalue weighted by atomic mass is 16.5. The second kappa shape index (κ2) is 7.80. The van der Waals surface area contributed by atoms with Crippen LogP contribution in [-0.4, -0.2) is 36.0 Å². The van der Waals surface area contributed by atoms with E-state index in [1.807, 2.05) is 0 Å². The summed E-state index contributed by atoms with van der Waals surface area (Å²) in [5.74, 6) is 0.212. The molecular weight excluding hydrogens is 374 g/mol. The lowest BCUT2D eigenvalue weighted by Gasteiger charge is -2.09. The molecule has 0 aliphatic rings. The lowest BCUT2D eigenvalue weighted by atomic mass is 10.2. The van der Waals surface area contributed by atoms with E-state index >= 15 is 0 Å². The van der Waals surface area contributed by atoms with Gasteiger partial charge < -0.3 is 14.8 Å². The maximum atomic E-state index is 12.5. The average molecular weight is 389 g/mol. The zero-order chi connectivity index (χ0) is 20.2. The van der Waals surface area contributed by atoms with Gasteiger partial charge in [-0.25, -0.2) is 4.98 Å². The zero-order valence-corrected chi connectivity index (χ0v) is 15.2. The van der Waals surface area contributed by atoms with Gasteiger partial charge in [0.2, 0.25) is 11.7 Å². The summed E-state index contributed by atoms with van der Waals surface area (Å²) >= 11 is 0. The first-order valence-corrected chi connectivity index (χ1v) is 8.67. The van der Waals surface area contributed by atoms with Crippen molar-refractivity contribution in [2.45, 2.75) is 13.0 Å². The monoisotopic (exact) mass is 389 g/mol. The van der Waals surface area contributed by atoms with Crippen LogP contribution in [0.5, 0.6) is 0 Å². The van der Waals surface area contributed by atoms with Crippen LogP contribution in [0.4, 0.5) is 0 Å². The van der Waals surface area contributed by atoms with Crippen molar-refractivity contribution in [3.63, 3.8) is 0 Å². The highest BCUT2D eigenvalue weighted by Gasteiger charge is 2.20. The first-order chi connectivity index (χ1) is 14.1. The van der Waals surface area contributed by atoms with Crippen LogP contribution in [0.3, 0.4) is 0 Å². The first kappa shape index (κ1) is 18.2. The third kappa shape index (κ3) is 3.90. The van der Waals surface area contributed by atoms with Crippen LogP contribution in [0, 0.1) is 0 Å². The predicted molar refractivity (Wildman–Crippen MR) is 101 cm³/mol. The van der Waals surface area contributed by atoms with Crippen LogP contribution < -0.4 is 10.9 Å². The molecule has 0 aliphatic carbocycles. The van der Waals surface area contributed by atoms with Crippen molar-refractivity contribution in [3.05, 3.63) is 76.9 Å². The highest BCUT2D eigenvalue weighted by Crippen LogP contribution is 2.16. The first-order valence-electron chi connectivity index (χ1n) is 8.67. The third-order valence-electron chi connectivity index (χ3n) is 4.03. The fourth-order valence-electron chi connectivity index (χ4n) is 2.55. The highest BCUT2D eigenvalue weighted by molar-refractivity contribution is 5.93. The molecule has 29 heavy (non-hydrogen) atoms. The van der Waals surface area contributed by atoms with Gasteiger partial charge in [0, 0.05) is 30.4 Å². The molecular formula is C19H15N7O3. The number of pyridine rings is 2. The number of aromatic amines is 1. The molecule has 0 saturated carbocycles. The minimum Gasteiger partial charge on any atom is -0.340 e. The molecule has 0 unspecified atom stereocenters. The summed E-state index contributed by atoms with van der Waals surface area (Å²) in [6.07, 6.45) is 6.01. The number of carbonyl (C=O) groups excluding carboxylic acids is 1. The molecule has 4 aromatic rings. The van der Waals surface area contributed by atoms with Gasteiger partial charge in [0.15, 0.2) is 0 Å². The molecule has 4 rings (SSSR count). The normalized spacial score (nSPS) is 11.8. The summed E-state index contributed by atoms with van der Waals surface area (Å²) in [4.78, 5) is 43.9. The Labute approximate surface area is 164 Å². The van der Waals surface area contributed by atoms with E-state index < -0.39 is 17.5 Å². The van der Waals surface area contributed by atoms with E-state index in [9.17, 15) is 9.59 Å². The number of hydrogen-bond acceptors (Lipinski definition) is 8. The van der Waals surface area contributed by atoms with Gasteiger partial charge in [-0.1, -0.05) is 11.2 Å². The van der Waals surface area contributed by atoms with Crippen LogP contribution in [0.1, 0.15) is 29.2 Å². The minimum absolute atomic E-state index is 0.131. The summed E-state index contributed by atoms with van der Waals surface area (Å²) in [7, 11) is 0. The fraction of sp³-hybridized carbons (Fsp3) is 0.105. The van der Waals surface area contributed by atoms with Crippen LogP contribution >= 0.6 is 0 Å². The number of nitrogens with one attached hydrogen (secondary N) is 2. The number of nitrogens with zero attached hydrogens (tertiary/aromatic N) is 5. The van der Waals surface area contributed by atoms with Gasteiger partial charge >= 0.3 is 0 Å². The van der Waals surface area contributed by atoms with Gasteiger partial charge in [-0.15, -0.1) is 0 Å². The second-order valence-corrected chi connectivity index (χ2v) is 6.08. The molecule has 10 nitrogen and oxygen atoms in total. The Balaban J connectivity index is 1.49. The van der Waals surface area contributed by atoms with Crippen molar-refractivity contribution < 1.29 is 9.32 Å². The number of rotatable bonds is 5. The van der Waals surface area contributed by atoms with Crippen molar-refractivity contribution >= 4 is 5.91 Å². The molecule has 10 heteroatoms. The summed E-state index contributed by atoms with van der Waals surface area (Å²) in [6.45, 7) is 1.67. The molecule has 0 fully saturated rings. The molecule has 0 spiro atoms. The Bertz CT molecular complexity index is 1190. The van der Waals surface area contributed by atoms with Gasteiger partial charge in [-0.2, -0.15) is 4.98 Å². The number of carbonyl (C=O) groups is 1. The molecule has 1 atom stereocenters. The van der Waals surface area contributed by atoms with Gasteiger partial charge in [-0.3, -0.25) is 19.6 Å². The lowest BCUT2D eigenvalue weighted by Crippen LogP contribution is -2.32.